The van der Waals surface area contributed by atoms with Crippen molar-refractivity contribution in [2.45, 2.75) is 13.0 Å². The van der Waals surface area contributed by atoms with Crippen LogP contribution in [0.25, 0.3) is 37.0 Å². The lowest BCUT2D eigenvalue weighted by atomic mass is 10.0. The Labute approximate surface area is 221 Å². The Morgan fingerprint density at radius 2 is 1.72 bits per heavy atom. The first-order valence-electron chi connectivity index (χ1n) is 11.7. The zero-order valence-electron chi connectivity index (χ0n) is 19.5. The zero-order chi connectivity index (χ0) is 24.6. The molecule has 1 amide bonds. The van der Waals surface area contributed by atoms with E-state index in [1.807, 2.05) is 59.2 Å². The molecule has 0 aliphatic rings. The Bertz CT molecular complexity index is 1720. The molecule has 0 aliphatic heterocycles. The molecule has 4 nitrogen and oxygen atoms in total. The smallest absolute Gasteiger partial charge is 0.270 e. The lowest BCUT2D eigenvalue weighted by molar-refractivity contribution is 0.0933. The molecular weight excluding hydrogens is 530 g/mol. The maximum atomic E-state index is 13.2. The normalized spacial score (nSPS) is 12.2. The molecule has 2 aromatic heterocycles. The maximum Gasteiger partial charge on any atom is 0.270 e. The third-order valence-corrected chi connectivity index (χ3v) is 8.18. The lowest BCUT2D eigenvalue weighted by Gasteiger charge is -2.16. The van der Waals surface area contributed by atoms with Crippen molar-refractivity contribution in [2.75, 3.05) is 0 Å². The highest BCUT2D eigenvalue weighted by atomic mass is 79.9. The van der Waals surface area contributed by atoms with Gasteiger partial charge >= 0.3 is 0 Å². The molecule has 0 spiro atoms. The summed E-state index contributed by atoms with van der Waals surface area (Å²) >= 11 is 5.27. The third-order valence-electron chi connectivity index (χ3n) is 6.43. The minimum Gasteiger partial charge on any atom is -0.344 e. The van der Waals surface area contributed by atoms with E-state index in [9.17, 15) is 4.79 Å². The fourth-order valence-corrected chi connectivity index (χ4v) is 6.07. The van der Waals surface area contributed by atoms with Crippen molar-refractivity contribution in [3.63, 3.8) is 0 Å². The molecule has 0 saturated carbocycles. The van der Waals surface area contributed by atoms with Crippen molar-refractivity contribution >= 4 is 53.3 Å². The van der Waals surface area contributed by atoms with E-state index < -0.39 is 0 Å². The van der Waals surface area contributed by atoms with E-state index in [-0.39, 0.29) is 11.9 Å². The van der Waals surface area contributed by atoms with Gasteiger partial charge in [0.25, 0.3) is 5.91 Å². The van der Waals surface area contributed by atoms with Crippen LogP contribution >= 0.6 is 27.3 Å². The predicted octanol–water partition coefficient (Wildman–Crippen LogP) is 8.16. The number of rotatable bonds is 5. The number of amides is 1. The van der Waals surface area contributed by atoms with Crippen LogP contribution in [0.1, 0.15) is 29.0 Å². The minimum atomic E-state index is -0.167. The van der Waals surface area contributed by atoms with Gasteiger partial charge in [0.05, 0.1) is 18.6 Å². The maximum absolute atomic E-state index is 13.2. The molecule has 2 heterocycles. The Kier molecular flexibility index (Phi) is 5.91. The van der Waals surface area contributed by atoms with Crippen LogP contribution < -0.4 is 5.32 Å². The van der Waals surface area contributed by atoms with Gasteiger partial charge < -0.3 is 5.32 Å². The predicted molar refractivity (Wildman–Crippen MR) is 152 cm³/mol. The SMILES string of the molecule is C[C@H](NC(=O)c1cncn1-c1cccc(-c2cccc3c2sc2ccccc23)c1)c1ccc(Br)cc1. The first-order chi connectivity index (χ1) is 17.6. The number of nitrogens with one attached hydrogen (secondary N) is 1. The average molecular weight is 552 g/mol. The number of carbonyl (C=O) groups is 1. The highest BCUT2D eigenvalue weighted by Crippen LogP contribution is 2.40. The minimum absolute atomic E-state index is 0.133. The number of hydrogen-bond donors (Lipinski definition) is 1. The van der Waals surface area contributed by atoms with Crippen LogP contribution in [0.3, 0.4) is 0 Å². The van der Waals surface area contributed by atoms with Gasteiger partial charge in [-0.3, -0.25) is 9.36 Å². The number of imidazole rings is 1. The topological polar surface area (TPSA) is 46.9 Å². The molecule has 4 aromatic carbocycles. The number of aromatic nitrogens is 2. The van der Waals surface area contributed by atoms with Crippen LogP contribution in [0, 0.1) is 0 Å². The molecule has 0 unspecified atom stereocenters. The second-order valence-electron chi connectivity index (χ2n) is 8.73. The fraction of sp³-hybridized carbons (Fsp3) is 0.0667. The first kappa shape index (κ1) is 22.7. The summed E-state index contributed by atoms with van der Waals surface area (Å²) in [4.78, 5) is 17.5. The molecule has 1 atom stereocenters. The summed E-state index contributed by atoms with van der Waals surface area (Å²) in [7, 11) is 0. The van der Waals surface area contributed by atoms with Crippen molar-refractivity contribution in [1.82, 2.24) is 14.9 Å². The van der Waals surface area contributed by atoms with Gasteiger partial charge in [-0.05, 0) is 53.9 Å². The van der Waals surface area contributed by atoms with Gasteiger partial charge in [0, 0.05) is 30.3 Å². The van der Waals surface area contributed by atoms with Gasteiger partial charge in [-0.25, -0.2) is 4.98 Å². The van der Waals surface area contributed by atoms with Crippen LogP contribution in [0.5, 0.6) is 0 Å². The van der Waals surface area contributed by atoms with Crippen LogP contribution in [0.4, 0.5) is 0 Å². The van der Waals surface area contributed by atoms with E-state index in [1.54, 1.807) is 12.5 Å². The number of benzene rings is 4. The second-order valence-corrected chi connectivity index (χ2v) is 10.7. The molecule has 6 rings (SSSR count). The first-order valence-corrected chi connectivity index (χ1v) is 13.3. The fourth-order valence-electron chi connectivity index (χ4n) is 4.57. The Hall–Kier alpha value is -3.74. The summed E-state index contributed by atoms with van der Waals surface area (Å²) in [5.74, 6) is -0.167. The molecule has 0 saturated heterocycles. The van der Waals surface area contributed by atoms with Crippen molar-refractivity contribution in [1.29, 1.82) is 0 Å². The molecule has 0 aliphatic carbocycles. The van der Waals surface area contributed by atoms with Crippen molar-refractivity contribution in [3.05, 3.63) is 119 Å². The van der Waals surface area contributed by atoms with Gasteiger partial charge in [-0.1, -0.05) is 76.6 Å². The highest BCUT2D eigenvalue weighted by Gasteiger charge is 2.17. The van der Waals surface area contributed by atoms with Gasteiger partial charge in [0.1, 0.15) is 5.69 Å². The van der Waals surface area contributed by atoms with Gasteiger partial charge in [0.2, 0.25) is 0 Å². The molecule has 0 fully saturated rings. The summed E-state index contributed by atoms with van der Waals surface area (Å²) < 4.78 is 5.40. The standard InChI is InChI=1S/C30H22BrN3OS/c1-19(20-12-14-22(31)15-13-20)33-30(35)27-17-32-18-34(27)23-7-4-6-21(16-23)24-9-5-10-26-25-8-2-3-11-28(25)36-29(24)26/h2-19H,1H3,(H,33,35)/t19-/m0/s1. The second kappa shape index (κ2) is 9.37. The number of halogens is 1. The van der Waals surface area contributed by atoms with E-state index in [0.29, 0.717) is 5.69 Å². The van der Waals surface area contributed by atoms with Crippen LogP contribution in [0.15, 0.2) is 108 Å². The van der Waals surface area contributed by atoms with Crippen LogP contribution in [-0.4, -0.2) is 15.5 Å². The summed E-state index contributed by atoms with van der Waals surface area (Å²) in [6.45, 7) is 1.98. The molecule has 0 bridgehead atoms. The van der Waals surface area contributed by atoms with E-state index in [4.69, 9.17) is 0 Å². The molecule has 36 heavy (non-hydrogen) atoms. The Morgan fingerprint density at radius 1 is 0.944 bits per heavy atom. The molecule has 6 heteroatoms. The average Bonchev–Trinajstić information content (AvgIpc) is 3.54. The van der Waals surface area contributed by atoms with Crippen LogP contribution in [0.2, 0.25) is 0 Å². The van der Waals surface area contributed by atoms with Crippen molar-refractivity contribution in [3.8, 4) is 16.8 Å². The van der Waals surface area contributed by atoms with E-state index in [0.717, 1.165) is 21.3 Å². The molecule has 1 N–H and O–H groups in total. The molecule has 6 aromatic rings. The largest absolute Gasteiger partial charge is 0.344 e. The van der Waals surface area contributed by atoms with E-state index in [2.05, 4.69) is 80.8 Å². The summed E-state index contributed by atoms with van der Waals surface area (Å²) in [6.07, 6.45) is 3.31. The molecular formula is C30H22BrN3OS. The monoisotopic (exact) mass is 551 g/mol. The number of hydrogen-bond acceptors (Lipinski definition) is 3. The van der Waals surface area contributed by atoms with Crippen molar-refractivity contribution in [2.24, 2.45) is 0 Å². The number of thiophene rings is 1. The Morgan fingerprint density at radius 3 is 2.58 bits per heavy atom. The summed E-state index contributed by atoms with van der Waals surface area (Å²) in [6, 6.07) is 31.1. The van der Waals surface area contributed by atoms with Gasteiger partial charge in [-0.15, -0.1) is 11.3 Å². The highest BCUT2D eigenvalue weighted by molar-refractivity contribution is 9.10. The van der Waals surface area contributed by atoms with Gasteiger partial charge in [-0.2, -0.15) is 0 Å². The zero-order valence-corrected chi connectivity index (χ0v) is 21.9. The van der Waals surface area contributed by atoms with E-state index in [1.165, 1.54) is 25.7 Å². The van der Waals surface area contributed by atoms with Gasteiger partial charge in [0.15, 0.2) is 0 Å². The Balaban J connectivity index is 1.34. The lowest BCUT2D eigenvalue weighted by Crippen LogP contribution is -2.28. The number of fused-ring (bicyclic) bond motifs is 3. The quantitative estimate of drug-likeness (QED) is 0.235. The van der Waals surface area contributed by atoms with Crippen LogP contribution in [-0.2, 0) is 0 Å². The molecule has 176 valence electrons. The third kappa shape index (κ3) is 4.12. The summed E-state index contributed by atoms with van der Waals surface area (Å²) in [5.41, 5.74) is 4.72. The summed E-state index contributed by atoms with van der Waals surface area (Å²) in [5, 5.41) is 5.65. The number of carbonyl (C=O) groups excluding carboxylic acids is 1. The van der Waals surface area contributed by atoms with E-state index >= 15 is 0 Å². The molecule has 0 radical (unpaired) electrons. The number of nitrogens with zero attached hydrogens (tertiary/aromatic N) is 2. The van der Waals surface area contributed by atoms with Crippen molar-refractivity contribution < 1.29 is 4.79 Å².